The largest absolute Gasteiger partial charge is 0.491 e. The Kier molecular flexibility index (Phi) is 8.17. The van der Waals surface area contributed by atoms with Gasteiger partial charge in [0.25, 0.3) is 0 Å². The van der Waals surface area contributed by atoms with Crippen molar-refractivity contribution >= 4 is 28.9 Å². The van der Waals surface area contributed by atoms with Crippen molar-refractivity contribution in [2.24, 2.45) is 0 Å². The molecule has 208 valence electrons. The Morgan fingerprint density at radius 1 is 1.00 bits per heavy atom. The molecule has 0 N–H and O–H groups in total. The van der Waals surface area contributed by atoms with Crippen molar-refractivity contribution in [1.82, 2.24) is 24.6 Å². The van der Waals surface area contributed by atoms with Crippen molar-refractivity contribution in [1.29, 1.82) is 0 Å². The van der Waals surface area contributed by atoms with Gasteiger partial charge in [-0.15, -0.1) is 0 Å². The van der Waals surface area contributed by atoms with Crippen molar-refractivity contribution in [3.05, 3.63) is 101 Å². The molecule has 2 atom stereocenters. The van der Waals surface area contributed by atoms with Gasteiger partial charge in [-0.25, -0.2) is 9.67 Å². The van der Waals surface area contributed by atoms with E-state index >= 15 is 0 Å². The predicted octanol–water partition coefficient (Wildman–Crippen LogP) is 4.65. The van der Waals surface area contributed by atoms with E-state index in [0.29, 0.717) is 28.8 Å². The first-order chi connectivity index (χ1) is 19.6. The normalized spacial score (nSPS) is 21.6. The van der Waals surface area contributed by atoms with E-state index in [9.17, 15) is 0 Å². The summed E-state index contributed by atoms with van der Waals surface area (Å²) < 4.78 is 20.4. The molecule has 0 amide bonds. The number of piperazine rings is 1. The molecule has 4 heterocycles. The molecule has 6 rings (SSSR count). The zero-order valence-electron chi connectivity index (χ0n) is 21.9. The Labute approximate surface area is 243 Å². The number of hydrogen-bond donors (Lipinski definition) is 0. The highest BCUT2D eigenvalue weighted by Gasteiger charge is 2.45. The lowest BCUT2D eigenvalue weighted by Gasteiger charge is -2.36. The molecule has 0 radical (unpaired) electrons. The highest BCUT2D eigenvalue weighted by Crippen LogP contribution is 2.40. The van der Waals surface area contributed by atoms with E-state index in [4.69, 9.17) is 37.4 Å². The number of hydrogen-bond acceptors (Lipinski definition) is 8. The molecule has 11 heteroatoms. The van der Waals surface area contributed by atoms with Crippen LogP contribution in [0.15, 0.2) is 79.5 Å². The molecule has 2 aliphatic rings. The molecule has 2 aromatic carbocycles. The van der Waals surface area contributed by atoms with Gasteiger partial charge in [0.05, 0.1) is 17.3 Å². The lowest BCUT2D eigenvalue weighted by Crippen LogP contribution is -2.46. The second kappa shape index (κ2) is 12.1. The third kappa shape index (κ3) is 6.24. The monoisotopic (exact) mass is 580 g/mol. The first kappa shape index (κ1) is 27.0. The van der Waals surface area contributed by atoms with Gasteiger partial charge in [0, 0.05) is 55.2 Å². The van der Waals surface area contributed by atoms with Gasteiger partial charge < -0.3 is 19.1 Å². The van der Waals surface area contributed by atoms with E-state index in [2.05, 4.69) is 43.1 Å². The fraction of sp³-hybridized carbons (Fsp3) is 0.345. The van der Waals surface area contributed by atoms with Gasteiger partial charge in [0.1, 0.15) is 37.7 Å². The number of nitrogens with zero attached hydrogens (tertiary/aromatic N) is 6. The van der Waals surface area contributed by atoms with Crippen LogP contribution in [0.4, 0.5) is 5.69 Å². The van der Waals surface area contributed by atoms with E-state index in [0.717, 1.165) is 44.2 Å². The summed E-state index contributed by atoms with van der Waals surface area (Å²) in [5.74, 6) is -0.356. The number of anilines is 1. The van der Waals surface area contributed by atoms with Gasteiger partial charge in [-0.05, 0) is 48.5 Å². The number of rotatable bonds is 9. The maximum Gasteiger partial charge on any atom is 0.217 e. The summed E-state index contributed by atoms with van der Waals surface area (Å²) in [7, 11) is 0. The zero-order valence-corrected chi connectivity index (χ0v) is 23.4. The van der Waals surface area contributed by atoms with Crippen LogP contribution in [0.5, 0.6) is 5.75 Å². The summed E-state index contributed by atoms with van der Waals surface area (Å²) in [6.07, 6.45) is 4.64. The summed E-state index contributed by atoms with van der Waals surface area (Å²) in [4.78, 5) is 13.3. The number of pyridine rings is 1. The standard InChI is InChI=1S/C29H30Cl2N6O3/c30-22-4-9-27(28(31)15-22)29(19-37-21-32-20-34-37)39-18-26(40-29)17-38-25-7-5-24(6-8-25)36-13-11-35(12-14-36)16-23-3-1-2-10-33-23/h1-10,15,20-21,26H,11-14,16-19H2/t26-,29-/m1/s1. The number of aromatic nitrogens is 4. The van der Waals surface area contributed by atoms with Gasteiger partial charge in [0.15, 0.2) is 0 Å². The average Bonchev–Trinajstić information content (AvgIpc) is 3.64. The van der Waals surface area contributed by atoms with E-state index in [1.807, 2.05) is 36.5 Å². The minimum Gasteiger partial charge on any atom is -0.491 e. The van der Waals surface area contributed by atoms with Crippen LogP contribution in [-0.4, -0.2) is 70.1 Å². The molecular formula is C29H30Cl2N6O3. The second-order valence-corrected chi connectivity index (χ2v) is 10.8. The Morgan fingerprint density at radius 2 is 1.85 bits per heavy atom. The van der Waals surface area contributed by atoms with Crippen LogP contribution >= 0.6 is 23.2 Å². The minimum absolute atomic E-state index is 0.286. The molecule has 0 bridgehead atoms. The van der Waals surface area contributed by atoms with E-state index in [1.165, 1.54) is 12.0 Å². The van der Waals surface area contributed by atoms with Crippen molar-refractivity contribution in [3.63, 3.8) is 0 Å². The first-order valence-electron chi connectivity index (χ1n) is 13.3. The van der Waals surface area contributed by atoms with Gasteiger partial charge in [-0.2, -0.15) is 5.10 Å². The van der Waals surface area contributed by atoms with Gasteiger partial charge in [-0.3, -0.25) is 9.88 Å². The topological polar surface area (TPSA) is 77.8 Å². The Morgan fingerprint density at radius 3 is 2.58 bits per heavy atom. The maximum atomic E-state index is 6.55. The van der Waals surface area contributed by atoms with Crippen LogP contribution in [0.2, 0.25) is 10.0 Å². The van der Waals surface area contributed by atoms with Crippen LogP contribution in [0.3, 0.4) is 0 Å². The van der Waals surface area contributed by atoms with E-state index < -0.39 is 5.79 Å². The zero-order chi connectivity index (χ0) is 27.4. The van der Waals surface area contributed by atoms with Gasteiger partial charge in [0.2, 0.25) is 5.79 Å². The lowest BCUT2D eigenvalue weighted by molar-refractivity contribution is -0.190. The lowest BCUT2D eigenvalue weighted by atomic mass is 10.1. The number of ether oxygens (including phenoxy) is 3. The van der Waals surface area contributed by atoms with Crippen LogP contribution in [-0.2, 0) is 28.4 Å². The summed E-state index contributed by atoms with van der Waals surface area (Å²) in [5.41, 5.74) is 2.98. The highest BCUT2D eigenvalue weighted by molar-refractivity contribution is 6.35. The Bertz CT molecular complexity index is 1380. The van der Waals surface area contributed by atoms with Gasteiger partial charge >= 0.3 is 0 Å². The van der Waals surface area contributed by atoms with Crippen molar-refractivity contribution < 1.29 is 14.2 Å². The predicted molar refractivity (Wildman–Crippen MR) is 153 cm³/mol. The summed E-state index contributed by atoms with van der Waals surface area (Å²) in [6.45, 7) is 5.80. The van der Waals surface area contributed by atoms with Crippen molar-refractivity contribution in [2.45, 2.75) is 25.0 Å². The minimum atomic E-state index is -1.13. The molecule has 0 unspecified atom stereocenters. The first-order valence-corrected chi connectivity index (χ1v) is 14.0. The van der Waals surface area contributed by atoms with E-state index in [1.54, 1.807) is 23.1 Å². The summed E-state index contributed by atoms with van der Waals surface area (Å²) in [6, 6.07) is 19.6. The summed E-state index contributed by atoms with van der Waals surface area (Å²) in [5, 5.41) is 5.22. The molecule has 0 spiro atoms. The fourth-order valence-corrected chi connectivity index (χ4v) is 5.66. The van der Waals surface area contributed by atoms with Crippen LogP contribution < -0.4 is 9.64 Å². The average molecular weight is 582 g/mol. The highest BCUT2D eigenvalue weighted by atomic mass is 35.5. The quantitative estimate of drug-likeness (QED) is 0.283. The molecule has 2 saturated heterocycles. The van der Waals surface area contributed by atoms with Crippen LogP contribution in [0.25, 0.3) is 0 Å². The van der Waals surface area contributed by atoms with E-state index in [-0.39, 0.29) is 12.6 Å². The third-order valence-electron chi connectivity index (χ3n) is 7.16. The Hall–Kier alpha value is -3.21. The number of benzene rings is 2. The van der Waals surface area contributed by atoms with Crippen molar-refractivity contribution in [3.8, 4) is 5.75 Å². The van der Waals surface area contributed by atoms with Crippen LogP contribution in [0.1, 0.15) is 11.3 Å². The fourth-order valence-electron chi connectivity index (χ4n) is 5.11. The molecule has 0 aliphatic carbocycles. The van der Waals surface area contributed by atoms with Gasteiger partial charge in [-0.1, -0.05) is 35.3 Å². The molecule has 0 saturated carbocycles. The molecule has 2 aliphatic heterocycles. The SMILES string of the molecule is Clc1ccc([C@]2(Cn3cncn3)OC[C@@H](COc3ccc(N4CCN(Cc5ccccn5)CC4)cc3)O2)c(Cl)c1. The maximum absolute atomic E-state index is 6.55. The number of halogens is 2. The van der Waals surface area contributed by atoms with Crippen LogP contribution in [0, 0.1) is 0 Å². The molecule has 9 nitrogen and oxygen atoms in total. The molecular weight excluding hydrogens is 551 g/mol. The molecule has 2 fully saturated rings. The Balaban J connectivity index is 1.04. The smallest absolute Gasteiger partial charge is 0.217 e. The van der Waals surface area contributed by atoms with Crippen molar-refractivity contribution in [2.75, 3.05) is 44.3 Å². The molecule has 40 heavy (non-hydrogen) atoms. The summed E-state index contributed by atoms with van der Waals surface area (Å²) >= 11 is 12.7. The molecule has 2 aromatic heterocycles. The second-order valence-electron chi connectivity index (χ2n) is 9.91. The molecule has 4 aromatic rings. The third-order valence-corrected chi connectivity index (χ3v) is 7.71.